The van der Waals surface area contributed by atoms with E-state index in [-0.39, 0.29) is 18.4 Å². The number of carbonyl (C=O) groups excluding carboxylic acids is 1. The fraction of sp³-hybridized carbons (Fsp3) is 0.429. The standard InChI is InChI=1S/C14H19FN2O3/c1-10(2)17(9-13(18)19)14(20)16-8-7-11-3-5-12(15)6-4-11/h3-6,10H,7-9H2,1-2H3,(H,16,20)(H,18,19). The van der Waals surface area contributed by atoms with E-state index >= 15 is 0 Å². The van der Waals surface area contributed by atoms with Gasteiger partial charge in [0.1, 0.15) is 12.4 Å². The minimum absolute atomic E-state index is 0.197. The Hall–Kier alpha value is -2.11. The van der Waals surface area contributed by atoms with Crippen molar-refractivity contribution >= 4 is 12.0 Å². The molecule has 0 saturated heterocycles. The van der Waals surface area contributed by atoms with Gasteiger partial charge in [0.25, 0.3) is 0 Å². The number of aliphatic carboxylic acids is 1. The van der Waals surface area contributed by atoms with Crippen molar-refractivity contribution < 1.29 is 19.1 Å². The van der Waals surface area contributed by atoms with Crippen molar-refractivity contribution in [2.45, 2.75) is 26.3 Å². The number of halogens is 1. The van der Waals surface area contributed by atoms with Crippen LogP contribution >= 0.6 is 0 Å². The average molecular weight is 282 g/mol. The predicted octanol–water partition coefficient (Wildman–Crippen LogP) is 1.87. The summed E-state index contributed by atoms with van der Waals surface area (Å²) < 4.78 is 12.7. The Morgan fingerprint density at radius 1 is 1.30 bits per heavy atom. The van der Waals surface area contributed by atoms with Crippen LogP contribution in [0.2, 0.25) is 0 Å². The van der Waals surface area contributed by atoms with Gasteiger partial charge in [0.05, 0.1) is 0 Å². The van der Waals surface area contributed by atoms with Crippen LogP contribution in [0.25, 0.3) is 0 Å². The van der Waals surface area contributed by atoms with E-state index in [9.17, 15) is 14.0 Å². The second-order valence-corrected chi connectivity index (χ2v) is 4.72. The number of carbonyl (C=O) groups is 2. The highest BCUT2D eigenvalue weighted by Gasteiger charge is 2.19. The van der Waals surface area contributed by atoms with Gasteiger partial charge in [-0.15, -0.1) is 0 Å². The van der Waals surface area contributed by atoms with Crippen LogP contribution in [0.1, 0.15) is 19.4 Å². The SMILES string of the molecule is CC(C)N(CC(=O)O)C(=O)NCCc1ccc(F)cc1. The van der Waals surface area contributed by atoms with E-state index < -0.39 is 12.0 Å². The number of hydrogen-bond acceptors (Lipinski definition) is 2. The molecule has 110 valence electrons. The van der Waals surface area contributed by atoms with Crippen LogP contribution in [0.3, 0.4) is 0 Å². The first-order valence-electron chi connectivity index (χ1n) is 6.41. The van der Waals surface area contributed by atoms with Gasteiger partial charge in [0.2, 0.25) is 0 Å². The Bertz CT molecular complexity index is 460. The molecule has 1 aromatic rings. The Morgan fingerprint density at radius 2 is 1.90 bits per heavy atom. The van der Waals surface area contributed by atoms with Gasteiger partial charge in [0.15, 0.2) is 0 Å². The molecule has 0 fully saturated rings. The number of benzene rings is 1. The number of nitrogens with zero attached hydrogens (tertiary/aromatic N) is 1. The lowest BCUT2D eigenvalue weighted by Gasteiger charge is -2.25. The lowest BCUT2D eigenvalue weighted by molar-refractivity contribution is -0.138. The fourth-order valence-corrected chi connectivity index (χ4v) is 1.70. The molecule has 2 N–H and O–H groups in total. The summed E-state index contributed by atoms with van der Waals surface area (Å²) >= 11 is 0. The maximum atomic E-state index is 12.7. The van der Waals surface area contributed by atoms with Crippen LogP contribution in [0.15, 0.2) is 24.3 Å². The zero-order valence-corrected chi connectivity index (χ0v) is 11.6. The molecule has 5 nitrogen and oxygen atoms in total. The quantitative estimate of drug-likeness (QED) is 0.837. The second-order valence-electron chi connectivity index (χ2n) is 4.72. The largest absolute Gasteiger partial charge is 0.480 e. The molecule has 0 heterocycles. The molecule has 6 heteroatoms. The first-order valence-corrected chi connectivity index (χ1v) is 6.41. The number of nitrogens with one attached hydrogen (secondary N) is 1. The summed E-state index contributed by atoms with van der Waals surface area (Å²) in [5, 5.41) is 11.4. The molecule has 0 aromatic heterocycles. The van der Waals surface area contributed by atoms with Gasteiger partial charge in [-0.1, -0.05) is 12.1 Å². The molecule has 0 unspecified atom stereocenters. The Kier molecular flexibility index (Phi) is 5.96. The highest BCUT2D eigenvalue weighted by molar-refractivity contribution is 5.80. The average Bonchev–Trinajstić information content (AvgIpc) is 2.37. The van der Waals surface area contributed by atoms with Crippen molar-refractivity contribution in [3.05, 3.63) is 35.6 Å². The monoisotopic (exact) mass is 282 g/mol. The third-order valence-corrected chi connectivity index (χ3v) is 2.79. The van der Waals surface area contributed by atoms with Crippen molar-refractivity contribution in [2.75, 3.05) is 13.1 Å². The van der Waals surface area contributed by atoms with E-state index in [1.54, 1.807) is 26.0 Å². The molecule has 0 saturated carbocycles. The summed E-state index contributed by atoms with van der Waals surface area (Å²) in [5.41, 5.74) is 0.904. The number of carboxylic acids is 1. The maximum absolute atomic E-state index is 12.7. The van der Waals surface area contributed by atoms with Crippen molar-refractivity contribution in [2.24, 2.45) is 0 Å². The maximum Gasteiger partial charge on any atom is 0.323 e. The Balaban J connectivity index is 2.44. The van der Waals surface area contributed by atoms with Crippen LogP contribution in [0.4, 0.5) is 9.18 Å². The molecular formula is C14H19FN2O3. The highest BCUT2D eigenvalue weighted by Crippen LogP contribution is 2.03. The van der Waals surface area contributed by atoms with E-state index in [2.05, 4.69) is 5.32 Å². The van der Waals surface area contributed by atoms with E-state index in [0.29, 0.717) is 13.0 Å². The molecule has 2 amide bonds. The van der Waals surface area contributed by atoms with Gasteiger partial charge in [0, 0.05) is 12.6 Å². The van der Waals surface area contributed by atoms with E-state index in [1.807, 2.05) is 0 Å². The summed E-state index contributed by atoms with van der Waals surface area (Å²) in [5.74, 6) is -1.35. The number of carboxylic acid groups (broad SMARTS) is 1. The third kappa shape index (κ3) is 5.26. The lowest BCUT2D eigenvalue weighted by Crippen LogP contribution is -2.46. The summed E-state index contributed by atoms with van der Waals surface area (Å²) in [7, 11) is 0. The van der Waals surface area contributed by atoms with Gasteiger partial charge >= 0.3 is 12.0 Å². The number of hydrogen-bond donors (Lipinski definition) is 2. The fourth-order valence-electron chi connectivity index (χ4n) is 1.70. The Labute approximate surface area is 117 Å². The minimum atomic E-state index is -1.05. The Morgan fingerprint density at radius 3 is 2.40 bits per heavy atom. The highest BCUT2D eigenvalue weighted by atomic mass is 19.1. The molecule has 0 radical (unpaired) electrons. The van der Waals surface area contributed by atoms with Crippen LogP contribution in [0.5, 0.6) is 0 Å². The van der Waals surface area contributed by atoms with Crippen LogP contribution < -0.4 is 5.32 Å². The van der Waals surface area contributed by atoms with E-state index in [1.165, 1.54) is 17.0 Å². The third-order valence-electron chi connectivity index (χ3n) is 2.79. The van der Waals surface area contributed by atoms with E-state index in [0.717, 1.165) is 5.56 Å². The minimum Gasteiger partial charge on any atom is -0.480 e. The van der Waals surface area contributed by atoms with Crippen molar-refractivity contribution in [3.8, 4) is 0 Å². The number of amides is 2. The lowest BCUT2D eigenvalue weighted by atomic mass is 10.1. The molecule has 20 heavy (non-hydrogen) atoms. The van der Waals surface area contributed by atoms with Gasteiger partial charge in [-0.2, -0.15) is 0 Å². The molecule has 1 aromatic carbocycles. The summed E-state index contributed by atoms with van der Waals surface area (Å²) in [4.78, 5) is 23.8. The van der Waals surface area contributed by atoms with Gasteiger partial charge < -0.3 is 15.3 Å². The van der Waals surface area contributed by atoms with Gasteiger partial charge in [-0.25, -0.2) is 9.18 Å². The van der Waals surface area contributed by atoms with Gasteiger partial charge in [-0.3, -0.25) is 4.79 Å². The molecule has 1 rings (SSSR count). The van der Waals surface area contributed by atoms with Crippen molar-refractivity contribution in [1.29, 1.82) is 0 Å². The predicted molar refractivity (Wildman–Crippen MR) is 73.0 cm³/mol. The molecule has 0 atom stereocenters. The van der Waals surface area contributed by atoms with Crippen LogP contribution in [0, 0.1) is 5.82 Å². The topological polar surface area (TPSA) is 69.6 Å². The molecule has 0 aliphatic heterocycles. The molecule has 0 spiro atoms. The molecule has 0 aliphatic carbocycles. The first-order chi connectivity index (χ1) is 9.40. The van der Waals surface area contributed by atoms with Gasteiger partial charge in [-0.05, 0) is 38.0 Å². The van der Waals surface area contributed by atoms with Crippen molar-refractivity contribution in [1.82, 2.24) is 10.2 Å². The molecule has 0 bridgehead atoms. The van der Waals surface area contributed by atoms with Crippen molar-refractivity contribution in [3.63, 3.8) is 0 Å². The number of rotatable bonds is 6. The summed E-state index contributed by atoms with van der Waals surface area (Å²) in [6, 6.07) is 5.42. The first kappa shape index (κ1) is 15.9. The number of urea groups is 1. The molecule has 0 aliphatic rings. The zero-order valence-electron chi connectivity index (χ0n) is 11.6. The molecular weight excluding hydrogens is 263 g/mol. The van der Waals surface area contributed by atoms with Crippen LogP contribution in [-0.2, 0) is 11.2 Å². The smallest absolute Gasteiger partial charge is 0.323 e. The normalized spacial score (nSPS) is 10.4. The zero-order chi connectivity index (χ0) is 15.1. The van der Waals surface area contributed by atoms with Crippen LogP contribution in [-0.4, -0.2) is 41.1 Å². The van der Waals surface area contributed by atoms with E-state index in [4.69, 9.17) is 5.11 Å². The second kappa shape index (κ2) is 7.47. The summed E-state index contributed by atoms with van der Waals surface area (Å²) in [6.45, 7) is 3.54. The summed E-state index contributed by atoms with van der Waals surface area (Å²) in [6.07, 6.45) is 0.561.